The van der Waals surface area contributed by atoms with Gasteiger partial charge in [-0.15, -0.1) is 0 Å². The smallest absolute Gasteiger partial charge is 0.303 e. The maximum Gasteiger partial charge on any atom is 0.303 e. The summed E-state index contributed by atoms with van der Waals surface area (Å²) >= 11 is 0. The van der Waals surface area contributed by atoms with E-state index in [2.05, 4.69) is 4.74 Å². The van der Waals surface area contributed by atoms with Crippen molar-refractivity contribution in [1.82, 2.24) is 0 Å². The fraction of sp³-hybridized carbons (Fsp3) is 0.667. The molecule has 14 heavy (non-hydrogen) atoms. The maximum absolute atomic E-state index is 10.6. The number of hydrogen-bond acceptors (Lipinski definition) is 5. The zero-order chi connectivity index (χ0) is 11.1. The second-order valence-corrected chi connectivity index (χ2v) is 2.95. The number of esters is 2. The highest BCUT2D eigenvalue weighted by atomic mass is 16.6. The maximum atomic E-state index is 10.6. The molecule has 0 saturated heterocycles. The monoisotopic (exact) mass is 202 g/mol. The lowest BCUT2D eigenvalue weighted by molar-refractivity contribution is -0.159. The number of carbonyl (C=O) groups is 3. The molecule has 0 aromatic rings. The highest BCUT2D eigenvalue weighted by Crippen LogP contribution is 2.06. The first-order valence-electron chi connectivity index (χ1n) is 4.23. The van der Waals surface area contributed by atoms with Gasteiger partial charge in [0.05, 0.1) is 5.92 Å². The summed E-state index contributed by atoms with van der Waals surface area (Å²) in [7, 11) is 0. The summed E-state index contributed by atoms with van der Waals surface area (Å²) in [6.07, 6.45) is -0.0502. The van der Waals surface area contributed by atoms with Gasteiger partial charge in [0.2, 0.25) is 0 Å². The first-order valence-corrected chi connectivity index (χ1v) is 4.23. The minimum atomic E-state index is -0.700. The minimum Gasteiger partial charge on any atom is -0.462 e. The van der Waals surface area contributed by atoms with Crippen LogP contribution in [0.4, 0.5) is 0 Å². The largest absolute Gasteiger partial charge is 0.462 e. The van der Waals surface area contributed by atoms with Crippen molar-refractivity contribution >= 4 is 18.2 Å². The molecule has 0 amide bonds. The number of carbonyl (C=O) groups excluding carboxylic acids is 3. The number of ether oxygens (including phenoxy) is 2. The molecule has 0 saturated carbocycles. The standard InChI is InChI=1S/C9H14O5/c1-6(4-10)9(14-8(3)12)5-13-7(2)11/h4,6,9H,5H2,1-3H3. The van der Waals surface area contributed by atoms with Gasteiger partial charge in [-0.3, -0.25) is 9.59 Å². The molecule has 0 spiro atoms. The van der Waals surface area contributed by atoms with E-state index in [9.17, 15) is 14.4 Å². The van der Waals surface area contributed by atoms with Gasteiger partial charge in [-0.25, -0.2) is 0 Å². The van der Waals surface area contributed by atoms with E-state index < -0.39 is 24.0 Å². The van der Waals surface area contributed by atoms with Crippen LogP contribution >= 0.6 is 0 Å². The summed E-state index contributed by atoms with van der Waals surface area (Å²) in [5.41, 5.74) is 0. The van der Waals surface area contributed by atoms with Gasteiger partial charge in [-0.05, 0) is 0 Å². The molecule has 0 rings (SSSR count). The van der Waals surface area contributed by atoms with Gasteiger partial charge in [-0.2, -0.15) is 0 Å². The zero-order valence-corrected chi connectivity index (χ0v) is 8.48. The summed E-state index contributed by atoms with van der Waals surface area (Å²) in [5, 5.41) is 0. The topological polar surface area (TPSA) is 69.7 Å². The fourth-order valence-corrected chi connectivity index (χ4v) is 0.793. The Labute approximate surface area is 82.4 Å². The molecular weight excluding hydrogens is 188 g/mol. The van der Waals surface area contributed by atoms with Crippen LogP contribution in [0.25, 0.3) is 0 Å². The molecule has 0 N–H and O–H groups in total. The van der Waals surface area contributed by atoms with Crippen LogP contribution in [0.5, 0.6) is 0 Å². The van der Waals surface area contributed by atoms with E-state index in [1.165, 1.54) is 13.8 Å². The molecule has 0 aliphatic carbocycles. The van der Waals surface area contributed by atoms with E-state index >= 15 is 0 Å². The first kappa shape index (κ1) is 12.6. The molecule has 0 radical (unpaired) electrons. The predicted octanol–water partition coefficient (Wildman–Crippen LogP) is 0.316. The Morgan fingerprint density at radius 2 is 1.86 bits per heavy atom. The van der Waals surface area contributed by atoms with Gasteiger partial charge in [0, 0.05) is 13.8 Å². The first-order chi connectivity index (χ1) is 6.47. The summed E-state index contributed by atoms with van der Waals surface area (Å²) in [5.74, 6) is -1.46. The average Bonchev–Trinajstić information content (AvgIpc) is 2.10. The normalized spacial score (nSPS) is 13.9. The second-order valence-electron chi connectivity index (χ2n) is 2.95. The Kier molecular flexibility index (Phi) is 5.52. The summed E-state index contributed by atoms with van der Waals surface area (Å²) in [4.78, 5) is 31.6. The second kappa shape index (κ2) is 6.12. The van der Waals surface area contributed by atoms with Crippen LogP contribution < -0.4 is 0 Å². The predicted molar refractivity (Wildman–Crippen MR) is 47.4 cm³/mol. The van der Waals surface area contributed by atoms with E-state index in [0.29, 0.717) is 6.29 Å². The van der Waals surface area contributed by atoms with Crippen LogP contribution in [0.3, 0.4) is 0 Å². The van der Waals surface area contributed by atoms with Crippen molar-refractivity contribution in [2.45, 2.75) is 26.9 Å². The van der Waals surface area contributed by atoms with Gasteiger partial charge in [0.15, 0.2) is 0 Å². The van der Waals surface area contributed by atoms with Gasteiger partial charge in [0.1, 0.15) is 19.0 Å². The van der Waals surface area contributed by atoms with Crippen molar-refractivity contribution in [1.29, 1.82) is 0 Å². The van der Waals surface area contributed by atoms with E-state index in [-0.39, 0.29) is 6.61 Å². The molecule has 0 aliphatic rings. The molecule has 80 valence electrons. The quantitative estimate of drug-likeness (QED) is 0.474. The van der Waals surface area contributed by atoms with Crippen molar-refractivity contribution in [2.75, 3.05) is 6.61 Å². The molecule has 5 heteroatoms. The van der Waals surface area contributed by atoms with Crippen LogP contribution in [-0.4, -0.2) is 30.9 Å². The molecular formula is C9H14O5. The third-order valence-corrected chi connectivity index (χ3v) is 1.57. The van der Waals surface area contributed by atoms with Crippen LogP contribution in [0.15, 0.2) is 0 Å². The molecule has 5 nitrogen and oxygen atoms in total. The molecule has 2 unspecified atom stereocenters. The lowest BCUT2D eigenvalue weighted by Gasteiger charge is -2.18. The Hall–Kier alpha value is -1.39. The molecule has 0 heterocycles. The summed E-state index contributed by atoms with van der Waals surface area (Å²) in [6.45, 7) is 3.98. The SMILES string of the molecule is CC(=O)OCC(OC(C)=O)C(C)C=O. The van der Waals surface area contributed by atoms with Crippen LogP contribution in [0.2, 0.25) is 0 Å². The van der Waals surface area contributed by atoms with Crippen molar-refractivity contribution in [3.63, 3.8) is 0 Å². The van der Waals surface area contributed by atoms with Crippen molar-refractivity contribution in [2.24, 2.45) is 5.92 Å². The highest BCUT2D eigenvalue weighted by Gasteiger charge is 2.20. The van der Waals surface area contributed by atoms with E-state index in [1.54, 1.807) is 6.92 Å². The number of aldehydes is 1. The molecule has 0 aliphatic heterocycles. The lowest BCUT2D eigenvalue weighted by atomic mass is 10.1. The van der Waals surface area contributed by atoms with Gasteiger partial charge < -0.3 is 14.3 Å². The third kappa shape index (κ3) is 5.29. The zero-order valence-electron chi connectivity index (χ0n) is 8.48. The van der Waals surface area contributed by atoms with E-state index in [1.807, 2.05) is 0 Å². The highest BCUT2D eigenvalue weighted by molar-refractivity contribution is 5.67. The number of rotatable bonds is 5. The van der Waals surface area contributed by atoms with Crippen LogP contribution in [0, 0.1) is 5.92 Å². The summed E-state index contributed by atoms with van der Waals surface area (Å²) < 4.78 is 9.46. The van der Waals surface area contributed by atoms with Crippen molar-refractivity contribution < 1.29 is 23.9 Å². The van der Waals surface area contributed by atoms with Gasteiger partial charge in [0.25, 0.3) is 0 Å². The lowest BCUT2D eigenvalue weighted by Crippen LogP contribution is -2.30. The third-order valence-electron chi connectivity index (χ3n) is 1.57. The molecule has 2 atom stereocenters. The van der Waals surface area contributed by atoms with Crippen molar-refractivity contribution in [3.8, 4) is 0 Å². The minimum absolute atomic E-state index is 0.0885. The van der Waals surface area contributed by atoms with Crippen molar-refractivity contribution in [3.05, 3.63) is 0 Å². The molecule has 0 bridgehead atoms. The summed E-state index contributed by atoms with van der Waals surface area (Å²) in [6, 6.07) is 0. The molecule has 0 aromatic heterocycles. The van der Waals surface area contributed by atoms with Crippen LogP contribution in [0.1, 0.15) is 20.8 Å². The Bertz CT molecular complexity index is 223. The Morgan fingerprint density at radius 1 is 1.29 bits per heavy atom. The Morgan fingerprint density at radius 3 is 2.21 bits per heavy atom. The fourth-order valence-electron chi connectivity index (χ4n) is 0.793. The molecule has 0 fully saturated rings. The number of hydrogen-bond donors (Lipinski definition) is 0. The van der Waals surface area contributed by atoms with Crippen LogP contribution in [-0.2, 0) is 23.9 Å². The average molecular weight is 202 g/mol. The Balaban J connectivity index is 4.16. The van der Waals surface area contributed by atoms with E-state index in [4.69, 9.17) is 4.74 Å². The molecule has 0 aromatic carbocycles. The van der Waals surface area contributed by atoms with Gasteiger partial charge >= 0.3 is 11.9 Å². The van der Waals surface area contributed by atoms with E-state index in [0.717, 1.165) is 0 Å². The van der Waals surface area contributed by atoms with Gasteiger partial charge in [-0.1, -0.05) is 6.92 Å².